The molecule has 5 nitrogen and oxygen atoms in total. The van der Waals surface area contributed by atoms with Gasteiger partial charge in [-0.1, -0.05) is 42.5 Å². The molecule has 1 saturated carbocycles. The van der Waals surface area contributed by atoms with Crippen LogP contribution in [0.5, 0.6) is 5.75 Å². The average molecular weight is 366 g/mol. The molecule has 1 fully saturated rings. The first-order chi connectivity index (χ1) is 13.2. The first kappa shape index (κ1) is 19.0. The van der Waals surface area contributed by atoms with Crippen molar-refractivity contribution in [1.82, 2.24) is 5.32 Å². The van der Waals surface area contributed by atoms with E-state index in [1.54, 1.807) is 6.07 Å². The maximum absolute atomic E-state index is 12.7. The minimum Gasteiger partial charge on any atom is -0.492 e. The third kappa shape index (κ3) is 4.67. The number of hydrogen-bond donors (Lipinski definition) is 2. The van der Waals surface area contributed by atoms with Crippen molar-refractivity contribution in [2.75, 3.05) is 18.5 Å². The molecule has 5 heteroatoms. The van der Waals surface area contributed by atoms with E-state index < -0.39 is 5.41 Å². The molecule has 1 aliphatic carbocycles. The van der Waals surface area contributed by atoms with Crippen LogP contribution in [0.15, 0.2) is 54.6 Å². The van der Waals surface area contributed by atoms with E-state index in [9.17, 15) is 9.59 Å². The lowest BCUT2D eigenvalue weighted by atomic mass is 10.0. The van der Waals surface area contributed by atoms with Crippen molar-refractivity contribution in [2.24, 2.45) is 5.41 Å². The number of rotatable bonds is 9. The lowest BCUT2D eigenvalue weighted by Gasteiger charge is -2.17. The van der Waals surface area contributed by atoms with Crippen LogP contribution < -0.4 is 15.4 Å². The molecular formula is C22H26N2O3. The van der Waals surface area contributed by atoms with E-state index in [0.29, 0.717) is 37.4 Å². The lowest BCUT2D eigenvalue weighted by Crippen LogP contribution is -2.40. The Morgan fingerprint density at radius 1 is 1.00 bits per heavy atom. The molecule has 0 unspecified atom stereocenters. The monoisotopic (exact) mass is 366 g/mol. The first-order valence-electron chi connectivity index (χ1n) is 9.51. The number of anilines is 1. The van der Waals surface area contributed by atoms with E-state index in [0.717, 1.165) is 12.8 Å². The fraction of sp³-hybridized carbons (Fsp3) is 0.364. The van der Waals surface area contributed by atoms with Gasteiger partial charge in [-0.2, -0.15) is 0 Å². The van der Waals surface area contributed by atoms with Gasteiger partial charge in [0.2, 0.25) is 11.8 Å². The van der Waals surface area contributed by atoms with Crippen molar-refractivity contribution in [1.29, 1.82) is 0 Å². The van der Waals surface area contributed by atoms with Gasteiger partial charge in [-0.15, -0.1) is 0 Å². The summed E-state index contributed by atoms with van der Waals surface area (Å²) in [6, 6.07) is 17.5. The van der Waals surface area contributed by atoms with Crippen LogP contribution in [0.1, 0.15) is 31.7 Å². The van der Waals surface area contributed by atoms with Gasteiger partial charge in [0, 0.05) is 6.54 Å². The highest BCUT2D eigenvalue weighted by molar-refractivity contribution is 6.13. The summed E-state index contributed by atoms with van der Waals surface area (Å²) in [5.41, 5.74) is 0.914. The summed E-state index contributed by atoms with van der Waals surface area (Å²) in [5, 5.41) is 5.80. The van der Waals surface area contributed by atoms with E-state index in [1.807, 2.05) is 43.3 Å². The van der Waals surface area contributed by atoms with E-state index in [-0.39, 0.29) is 11.8 Å². The molecule has 1 aliphatic rings. The molecule has 0 radical (unpaired) electrons. The largest absolute Gasteiger partial charge is 0.492 e. The summed E-state index contributed by atoms with van der Waals surface area (Å²) in [5.74, 6) is 0.185. The summed E-state index contributed by atoms with van der Waals surface area (Å²) in [6.45, 7) is 2.97. The molecule has 2 aromatic rings. The molecule has 2 N–H and O–H groups in total. The molecule has 0 aromatic heterocycles. The Morgan fingerprint density at radius 3 is 2.41 bits per heavy atom. The Balaban J connectivity index is 1.51. The van der Waals surface area contributed by atoms with Gasteiger partial charge in [0.05, 0.1) is 12.3 Å². The van der Waals surface area contributed by atoms with Crippen LogP contribution in [0.3, 0.4) is 0 Å². The van der Waals surface area contributed by atoms with Crippen LogP contribution in [-0.2, 0) is 16.0 Å². The first-order valence-corrected chi connectivity index (χ1v) is 9.51. The zero-order valence-electron chi connectivity index (χ0n) is 15.7. The Kier molecular flexibility index (Phi) is 6.12. The minimum absolute atomic E-state index is 0.179. The Hall–Kier alpha value is -2.82. The number of benzene rings is 2. The van der Waals surface area contributed by atoms with Crippen LogP contribution in [-0.4, -0.2) is 25.0 Å². The van der Waals surface area contributed by atoms with Crippen LogP contribution >= 0.6 is 0 Å². The molecule has 0 saturated heterocycles. The number of aryl methyl sites for hydroxylation is 1. The Bertz CT molecular complexity index is 785. The second kappa shape index (κ2) is 8.71. The molecule has 2 amide bonds. The third-order valence-corrected chi connectivity index (χ3v) is 4.83. The average Bonchev–Trinajstić information content (AvgIpc) is 3.50. The highest BCUT2D eigenvalue weighted by atomic mass is 16.5. The topological polar surface area (TPSA) is 67.4 Å². The minimum atomic E-state index is -0.938. The molecule has 142 valence electrons. The highest BCUT2D eigenvalue weighted by Crippen LogP contribution is 2.47. The second-order valence-electron chi connectivity index (χ2n) is 6.81. The van der Waals surface area contributed by atoms with Gasteiger partial charge >= 0.3 is 0 Å². The quantitative estimate of drug-likeness (QED) is 0.527. The van der Waals surface area contributed by atoms with Gasteiger partial charge in [-0.05, 0) is 50.3 Å². The molecule has 27 heavy (non-hydrogen) atoms. The summed E-state index contributed by atoms with van der Waals surface area (Å²) < 4.78 is 5.54. The van der Waals surface area contributed by atoms with Crippen LogP contribution in [0.4, 0.5) is 5.69 Å². The molecule has 0 heterocycles. The predicted molar refractivity (Wildman–Crippen MR) is 106 cm³/mol. The van der Waals surface area contributed by atoms with E-state index >= 15 is 0 Å². The second-order valence-corrected chi connectivity index (χ2v) is 6.81. The van der Waals surface area contributed by atoms with Crippen molar-refractivity contribution in [3.63, 3.8) is 0 Å². The van der Waals surface area contributed by atoms with Crippen molar-refractivity contribution in [2.45, 2.75) is 32.6 Å². The SMILES string of the molecule is CCOc1ccccc1NC(=O)C1(C(=O)NCCCc2ccccc2)CC1. The van der Waals surface area contributed by atoms with Gasteiger partial charge in [-0.3, -0.25) is 9.59 Å². The number of hydrogen-bond acceptors (Lipinski definition) is 3. The number of ether oxygens (including phenoxy) is 1. The fourth-order valence-corrected chi connectivity index (χ4v) is 3.08. The van der Waals surface area contributed by atoms with E-state index in [1.165, 1.54) is 5.56 Å². The van der Waals surface area contributed by atoms with Crippen molar-refractivity contribution >= 4 is 17.5 Å². The lowest BCUT2D eigenvalue weighted by molar-refractivity contribution is -0.134. The van der Waals surface area contributed by atoms with Gasteiger partial charge in [0.25, 0.3) is 0 Å². The van der Waals surface area contributed by atoms with Gasteiger partial charge in [0.1, 0.15) is 11.2 Å². The van der Waals surface area contributed by atoms with Crippen LogP contribution in [0, 0.1) is 5.41 Å². The number of nitrogens with one attached hydrogen (secondary N) is 2. The molecule has 0 aliphatic heterocycles. The maximum Gasteiger partial charge on any atom is 0.240 e. The Labute approximate surface area is 160 Å². The number of carbonyl (C=O) groups is 2. The molecule has 3 rings (SSSR count). The number of carbonyl (C=O) groups excluding carboxylic acids is 2. The van der Waals surface area contributed by atoms with Gasteiger partial charge < -0.3 is 15.4 Å². The zero-order chi connectivity index (χ0) is 19.1. The number of para-hydroxylation sites is 2. The molecule has 0 bridgehead atoms. The third-order valence-electron chi connectivity index (χ3n) is 4.83. The van der Waals surface area contributed by atoms with Gasteiger partial charge in [-0.25, -0.2) is 0 Å². The molecular weight excluding hydrogens is 340 g/mol. The Morgan fingerprint density at radius 2 is 1.70 bits per heavy atom. The number of amides is 2. The van der Waals surface area contributed by atoms with Crippen LogP contribution in [0.25, 0.3) is 0 Å². The molecule has 0 spiro atoms. The van der Waals surface area contributed by atoms with Crippen molar-refractivity contribution in [3.8, 4) is 5.75 Å². The molecule has 2 aromatic carbocycles. The molecule has 0 atom stereocenters. The van der Waals surface area contributed by atoms with Crippen molar-refractivity contribution in [3.05, 3.63) is 60.2 Å². The smallest absolute Gasteiger partial charge is 0.240 e. The predicted octanol–water partition coefficient (Wildman–Crippen LogP) is 3.55. The fourth-order valence-electron chi connectivity index (χ4n) is 3.08. The standard InChI is InChI=1S/C22H26N2O3/c1-2-27-19-13-7-6-12-18(19)24-21(26)22(14-15-22)20(25)23-16-8-11-17-9-4-3-5-10-17/h3-7,9-10,12-13H,2,8,11,14-16H2,1H3,(H,23,25)(H,24,26). The van der Waals surface area contributed by atoms with Crippen molar-refractivity contribution < 1.29 is 14.3 Å². The van der Waals surface area contributed by atoms with E-state index in [2.05, 4.69) is 22.8 Å². The maximum atomic E-state index is 12.7. The summed E-state index contributed by atoms with van der Waals surface area (Å²) >= 11 is 0. The highest BCUT2D eigenvalue weighted by Gasteiger charge is 2.56. The summed E-state index contributed by atoms with van der Waals surface area (Å²) in [7, 11) is 0. The van der Waals surface area contributed by atoms with Gasteiger partial charge in [0.15, 0.2) is 0 Å². The normalized spacial score (nSPS) is 14.3. The van der Waals surface area contributed by atoms with E-state index in [4.69, 9.17) is 4.74 Å². The zero-order valence-corrected chi connectivity index (χ0v) is 15.7. The van der Waals surface area contributed by atoms with Crippen LogP contribution in [0.2, 0.25) is 0 Å². The summed E-state index contributed by atoms with van der Waals surface area (Å²) in [6.07, 6.45) is 2.92. The summed E-state index contributed by atoms with van der Waals surface area (Å²) in [4.78, 5) is 25.3.